The third kappa shape index (κ3) is 4.02. The van der Waals surface area contributed by atoms with Gasteiger partial charge in [-0.25, -0.2) is 4.39 Å². The van der Waals surface area contributed by atoms with Crippen molar-refractivity contribution in [2.24, 2.45) is 4.99 Å². The molecule has 0 radical (unpaired) electrons. The van der Waals surface area contributed by atoms with Gasteiger partial charge in [0.2, 0.25) is 5.75 Å². The van der Waals surface area contributed by atoms with Gasteiger partial charge in [-0.15, -0.1) is 0 Å². The smallest absolute Gasteiger partial charge is 0.312 e. The molecule has 114 valence electrons. The molecule has 0 aromatic heterocycles. The topological polar surface area (TPSA) is 75.7 Å². The predicted molar refractivity (Wildman–Crippen MR) is 82.3 cm³/mol. The molecule has 0 spiro atoms. The summed E-state index contributed by atoms with van der Waals surface area (Å²) in [4.78, 5) is 14.2. The third-order valence-corrected chi connectivity index (χ3v) is 3.17. The van der Waals surface area contributed by atoms with Crippen molar-refractivity contribution in [3.8, 4) is 5.75 Å². The quantitative estimate of drug-likeness (QED) is 0.517. The summed E-state index contributed by atoms with van der Waals surface area (Å²) >= 11 is 5.78. The molecule has 2 rings (SSSR count). The largest absolute Gasteiger partial charge is 0.502 e. The van der Waals surface area contributed by atoms with Crippen LogP contribution in [0.1, 0.15) is 11.1 Å². The normalized spacial score (nSPS) is 11.0. The second-order valence-electron chi connectivity index (χ2n) is 4.53. The van der Waals surface area contributed by atoms with E-state index in [-0.39, 0.29) is 16.4 Å². The van der Waals surface area contributed by atoms with Gasteiger partial charge in [0, 0.05) is 29.4 Å². The van der Waals surface area contributed by atoms with Gasteiger partial charge in [0.05, 0.1) is 4.92 Å². The summed E-state index contributed by atoms with van der Waals surface area (Å²) in [5, 5.41) is 20.7. The summed E-state index contributed by atoms with van der Waals surface area (Å²) in [5.74, 6) is -0.775. The van der Waals surface area contributed by atoms with E-state index in [0.29, 0.717) is 13.0 Å². The fraction of sp³-hybridized carbons (Fsp3) is 0.133. The number of hydrogen-bond acceptors (Lipinski definition) is 4. The maximum atomic E-state index is 12.8. The van der Waals surface area contributed by atoms with Crippen molar-refractivity contribution in [3.63, 3.8) is 0 Å². The number of nitro benzene ring substituents is 1. The summed E-state index contributed by atoms with van der Waals surface area (Å²) in [7, 11) is 0. The summed E-state index contributed by atoms with van der Waals surface area (Å²) in [6.07, 6.45) is 1.91. The molecule has 2 aromatic carbocycles. The first-order chi connectivity index (χ1) is 10.5. The Labute approximate surface area is 130 Å². The van der Waals surface area contributed by atoms with Crippen LogP contribution in [0, 0.1) is 15.9 Å². The Morgan fingerprint density at radius 2 is 2.00 bits per heavy atom. The highest BCUT2D eigenvalue weighted by Crippen LogP contribution is 2.32. The second-order valence-corrected chi connectivity index (χ2v) is 4.97. The number of hydrogen-bond donors (Lipinski definition) is 1. The standard InChI is InChI=1S/C15H12ClFN2O3/c16-12-7-11(15(20)14(8-12)19(21)22)9-18-6-5-10-1-3-13(17)4-2-10/h1-4,7-9,20H,5-6H2. The van der Waals surface area contributed by atoms with Crippen LogP contribution in [-0.2, 0) is 6.42 Å². The van der Waals surface area contributed by atoms with Crippen molar-refractivity contribution in [2.45, 2.75) is 6.42 Å². The minimum atomic E-state index is -0.711. The number of benzene rings is 2. The first kappa shape index (κ1) is 15.9. The van der Waals surface area contributed by atoms with E-state index in [9.17, 15) is 19.6 Å². The number of nitro groups is 1. The van der Waals surface area contributed by atoms with Crippen LogP contribution in [0.3, 0.4) is 0 Å². The van der Waals surface area contributed by atoms with Gasteiger partial charge in [-0.2, -0.15) is 0 Å². The lowest BCUT2D eigenvalue weighted by Crippen LogP contribution is -1.94. The zero-order chi connectivity index (χ0) is 16.1. The molecule has 0 bridgehead atoms. The molecule has 0 fully saturated rings. The molecule has 0 aliphatic rings. The molecule has 0 atom stereocenters. The highest BCUT2D eigenvalue weighted by molar-refractivity contribution is 6.31. The van der Waals surface area contributed by atoms with E-state index < -0.39 is 16.4 Å². The van der Waals surface area contributed by atoms with Crippen molar-refractivity contribution in [1.29, 1.82) is 0 Å². The van der Waals surface area contributed by atoms with Crippen LogP contribution < -0.4 is 0 Å². The fourth-order valence-corrected chi connectivity index (χ4v) is 2.07. The number of phenolic OH excluding ortho intramolecular Hbond substituents is 1. The van der Waals surface area contributed by atoms with Gasteiger partial charge in [0.15, 0.2) is 0 Å². The Bertz CT molecular complexity index is 717. The summed E-state index contributed by atoms with van der Waals surface area (Å²) in [5.41, 5.74) is 0.630. The number of halogens is 2. The summed E-state index contributed by atoms with van der Waals surface area (Å²) < 4.78 is 12.8. The second kappa shape index (κ2) is 7.00. The Balaban J connectivity index is 2.07. The predicted octanol–water partition coefficient (Wildman–Crippen LogP) is 3.75. The molecular formula is C15H12ClFN2O3. The number of aliphatic imine (C=N–C) groups is 1. The van der Waals surface area contributed by atoms with Crippen molar-refractivity contribution in [1.82, 2.24) is 0 Å². The van der Waals surface area contributed by atoms with Crippen LogP contribution in [0.2, 0.25) is 5.02 Å². The molecule has 1 N–H and O–H groups in total. The molecular weight excluding hydrogens is 311 g/mol. The van der Waals surface area contributed by atoms with E-state index >= 15 is 0 Å². The van der Waals surface area contributed by atoms with E-state index in [1.165, 1.54) is 24.4 Å². The fourth-order valence-electron chi connectivity index (χ4n) is 1.85. The molecule has 7 heteroatoms. The lowest BCUT2D eigenvalue weighted by atomic mass is 10.1. The molecule has 0 amide bonds. The van der Waals surface area contributed by atoms with Crippen LogP contribution in [0.15, 0.2) is 41.4 Å². The lowest BCUT2D eigenvalue weighted by molar-refractivity contribution is -0.385. The number of aromatic hydroxyl groups is 1. The average molecular weight is 323 g/mol. The zero-order valence-electron chi connectivity index (χ0n) is 11.4. The molecule has 0 saturated heterocycles. The minimum Gasteiger partial charge on any atom is -0.502 e. The van der Waals surface area contributed by atoms with Crippen molar-refractivity contribution < 1.29 is 14.4 Å². The molecule has 5 nitrogen and oxygen atoms in total. The summed E-state index contributed by atoms with van der Waals surface area (Å²) in [6.45, 7) is 0.394. The Kier molecular flexibility index (Phi) is 5.06. The zero-order valence-corrected chi connectivity index (χ0v) is 12.1. The maximum absolute atomic E-state index is 12.8. The van der Waals surface area contributed by atoms with Crippen molar-refractivity contribution in [3.05, 3.63) is 68.5 Å². The van der Waals surface area contributed by atoms with Gasteiger partial charge in [-0.1, -0.05) is 23.7 Å². The van der Waals surface area contributed by atoms with Crippen molar-refractivity contribution >= 4 is 23.5 Å². The third-order valence-electron chi connectivity index (χ3n) is 2.95. The summed E-state index contributed by atoms with van der Waals surface area (Å²) in [6, 6.07) is 8.52. The number of phenols is 1. The first-order valence-corrected chi connectivity index (χ1v) is 6.76. The highest BCUT2D eigenvalue weighted by Gasteiger charge is 2.17. The molecule has 0 heterocycles. The van der Waals surface area contributed by atoms with E-state index in [2.05, 4.69) is 4.99 Å². The van der Waals surface area contributed by atoms with Gasteiger partial charge >= 0.3 is 5.69 Å². The number of rotatable bonds is 5. The Morgan fingerprint density at radius 3 is 2.64 bits per heavy atom. The molecule has 2 aromatic rings. The maximum Gasteiger partial charge on any atom is 0.312 e. The van der Waals surface area contributed by atoms with Gasteiger partial charge in [0.25, 0.3) is 0 Å². The lowest BCUT2D eigenvalue weighted by Gasteiger charge is -2.02. The van der Waals surface area contributed by atoms with Crippen molar-refractivity contribution in [2.75, 3.05) is 6.54 Å². The Morgan fingerprint density at radius 1 is 1.32 bits per heavy atom. The van der Waals surface area contributed by atoms with Crippen LogP contribution in [0.4, 0.5) is 10.1 Å². The van der Waals surface area contributed by atoms with Gasteiger partial charge < -0.3 is 5.11 Å². The van der Waals surface area contributed by atoms with E-state index in [4.69, 9.17) is 11.6 Å². The number of nitrogens with zero attached hydrogens (tertiary/aromatic N) is 2. The van der Waals surface area contributed by atoms with Gasteiger partial charge in [-0.3, -0.25) is 15.1 Å². The van der Waals surface area contributed by atoms with E-state index in [1.807, 2.05) is 0 Å². The van der Waals surface area contributed by atoms with E-state index in [1.54, 1.807) is 12.1 Å². The SMILES string of the molecule is O=[N+]([O-])c1cc(Cl)cc(C=NCCc2ccc(F)cc2)c1O. The molecule has 0 aliphatic carbocycles. The van der Waals surface area contributed by atoms with Crippen LogP contribution in [-0.4, -0.2) is 22.8 Å². The van der Waals surface area contributed by atoms with Gasteiger partial charge in [-0.05, 0) is 30.2 Å². The molecule has 0 unspecified atom stereocenters. The monoisotopic (exact) mass is 322 g/mol. The minimum absolute atomic E-state index is 0.143. The first-order valence-electron chi connectivity index (χ1n) is 6.38. The van der Waals surface area contributed by atoms with E-state index in [0.717, 1.165) is 11.6 Å². The molecule has 22 heavy (non-hydrogen) atoms. The van der Waals surface area contributed by atoms with Crippen LogP contribution in [0.25, 0.3) is 0 Å². The Hall–Kier alpha value is -2.47. The average Bonchev–Trinajstić information content (AvgIpc) is 2.48. The van der Waals surface area contributed by atoms with Crippen LogP contribution in [0.5, 0.6) is 5.75 Å². The van der Waals surface area contributed by atoms with Gasteiger partial charge in [0.1, 0.15) is 5.82 Å². The molecule has 0 saturated carbocycles. The van der Waals surface area contributed by atoms with Crippen LogP contribution >= 0.6 is 11.6 Å². The molecule has 0 aliphatic heterocycles. The highest BCUT2D eigenvalue weighted by atomic mass is 35.5.